The van der Waals surface area contributed by atoms with Crippen LogP contribution < -0.4 is 15.0 Å². The summed E-state index contributed by atoms with van der Waals surface area (Å²) in [7, 11) is -1.13. The second kappa shape index (κ2) is 11.0. The van der Waals surface area contributed by atoms with Gasteiger partial charge in [-0.15, -0.1) is 0 Å². The molecule has 204 valence electrons. The van der Waals surface area contributed by atoms with Crippen LogP contribution in [0.15, 0.2) is 67.7 Å². The number of nitrogens with zero attached hydrogens (tertiary/aromatic N) is 3. The second-order valence-electron chi connectivity index (χ2n) is 8.58. The minimum Gasteiger partial charge on any atom is -0.497 e. The maximum absolute atomic E-state index is 13.4. The van der Waals surface area contributed by atoms with Gasteiger partial charge < -0.3 is 14.0 Å². The molecule has 0 fully saturated rings. The third kappa shape index (κ3) is 5.77. The first kappa shape index (κ1) is 27.4. The van der Waals surface area contributed by atoms with Gasteiger partial charge >= 0.3 is 5.97 Å². The molecule has 12 nitrogen and oxygen atoms in total. The van der Waals surface area contributed by atoms with E-state index in [0.29, 0.717) is 39.8 Å². The summed E-state index contributed by atoms with van der Waals surface area (Å²) < 4.78 is 44.3. The molecule has 0 saturated carbocycles. The number of hydrogen-bond donors (Lipinski definition) is 2. The zero-order valence-corrected chi connectivity index (χ0v) is 22.8. The van der Waals surface area contributed by atoms with Crippen LogP contribution in [0, 0.1) is 13.8 Å². The number of benzene rings is 2. The fourth-order valence-electron chi connectivity index (χ4n) is 3.75. The fourth-order valence-corrected chi connectivity index (χ4v) is 4.80. The molecule has 4 rings (SSSR count). The number of nitrogens with one attached hydrogen (secondary N) is 2. The molecule has 0 aliphatic heterocycles. The van der Waals surface area contributed by atoms with Crippen molar-refractivity contribution in [2.45, 2.75) is 32.1 Å². The first-order valence-electron chi connectivity index (χ1n) is 11.7. The largest absolute Gasteiger partial charge is 0.497 e. The monoisotopic (exact) mass is 553 g/mol. The van der Waals surface area contributed by atoms with E-state index in [4.69, 9.17) is 14.0 Å². The van der Waals surface area contributed by atoms with Gasteiger partial charge in [0.15, 0.2) is 0 Å². The highest BCUT2D eigenvalue weighted by Crippen LogP contribution is 2.24. The van der Waals surface area contributed by atoms with Crippen molar-refractivity contribution >= 4 is 33.3 Å². The van der Waals surface area contributed by atoms with Crippen LogP contribution in [0.25, 0.3) is 5.69 Å². The Morgan fingerprint density at radius 2 is 1.77 bits per heavy atom. The summed E-state index contributed by atoms with van der Waals surface area (Å²) in [5.74, 6) is 0.133. The SMILES string of the molecule is COC(=O)Cc1[nH]n(-c2ccc(OC)cc2)c(=O)c1C(C)=Nc1ccc(S(=O)(=O)Nc2onc(C)c2C)cc1. The second-order valence-corrected chi connectivity index (χ2v) is 10.3. The smallest absolute Gasteiger partial charge is 0.311 e. The zero-order chi connectivity index (χ0) is 28.3. The quantitative estimate of drug-likeness (QED) is 0.236. The summed E-state index contributed by atoms with van der Waals surface area (Å²) in [5, 5.41) is 6.73. The van der Waals surface area contributed by atoms with E-state index in [1.54, 1.807) is 52.1 Å². The molecule has 0 saturated heterocycles. The molecule has 0 aliphatic rings. The molecule has 2 heterocycles. The van der Waals surface area contributed by atoms with Gasteiger partial charge in [0.05, 0.1) is 59.6 Å². The predicted octanol–water partition coefficient (Wildman–Crippen LogP) is 3.44. The average Bonchev–Trinajstić information content (AvgIpc) is 3.41. The van der Waals surface area contributed by atoms with Crippen LogP contribution in [0.3, 0.4) is 0 Å². The third-order valence-corrected chi connectivity index (χ3v) is 7.38. The summed E-state index contributed by atoms with van der Waals surface area (Å²) in [6.07, 6.45) is -0.180. The normalized spacial score (nSPS) is 11.9. The molecular formula is C26H27N5O7S. The highest BCUT2D eigenvalue weighted by Gasteiger charge is 2.22. The van der Waals surface area contributed by atoms with Crippen LogP contribution in [0.5, 0.6) is 5.75 Å². The van der Waals surface area contributed by atoms with Gasteiger partial charge in [0, 0.05) is 5.56 Å². The van der Waals surface area contributed by atoms with Gasteiger partial charge in [0.25, 0.3) is 15.6 Å². The number of aromatic nitrogens is 3. The van der Waals surface area contributed by atoms with Crippen molar-refractivity contribution < 1.29 is 27.2 Å². The molecule has 4 aromatic rings. The number of sulfonamides is 1. The molecule has 2 aromatic carbocycles. The third-order valence-electron chi connectivity index (χ3n) is 6.03. The van der Waals surface area contributed by atoms with Crippen LogP contribution >= 0.6 is 0 Å². The summed E-state index contributed by atoms with van der Waals surface area (Å²) >= 11 is 0. The van der Waals surface area contributed by atoms with E-state index in [1.165, 1.54) is 36.1 Å². The van der Waals surface area contributed by atoms with Gasteiger partial charge in [0.2, 0.25) is 5.88 Å². The maximum atomic E-state index is 13.4. The summed E-state index contributed by atoms with van der Waals surface area (Å²) in [6, 6.07) is 12.6. The Morgan fingerprint density at radius 3 is 2.33 bits per heavy atom. The van der Waals surface area contributed by atoms with Crippen LogP contribution in [-0.4, -0.2) is 49.3 Å². The topological polar surface area (TPSA) is 158 Å². The van der Waals surface area contributed by atoms with Crippen molar-refractivity contribution in [3.63, 3.8) is 0 Å². The van der Waals surface area contributed by atoms with Gasteiger partial charge in [-0.2, -0.15) is 0 Å². The van der Waals surface area contributed by atoms with E-state index < -0.39 is 21.6 Å². The van der Waals surface area contributed by atoms with E-state index in [-0.39, 0.29) is 22.8 Å². The number of methoxy groups -OCH3 is 2. The molecule has 0 atom stereocenters. The van der Waals surface area contributed by atoms with Crippen molar-refractivity contribution in [2.75, 3.05) is 18.9 Å². The molecule has 39 heavy (non-hydrogen) atoms. The molecule has 0 bridgehead atoms. The molecule has 0 unspecified atom stereocenters. The first-order valence-corrected chi connectivity index (χ1v) is 13.2. The van der Waals surface area contributed by atoms with Gasteiger partial charge in [-0.1, -0.05) is 5.16 Å². The van der Waals surface area contributed by atoms with E-state index in [9.17, 15) is 18.0 Å². The van der Waals surface area contributed by atoms with Crippen molar-refractivity contribution in [3.8, 4) is 11.4 Å². The van der Waals surface area contributed by atoms with Gasteiger partial charge in [0.1, 0.15) is 5.75 Å². The summed E-state index contributed by atoms with van der Waals surface area (Å²) in [5.41, 5.74) is 2.53. The number of aromatic amines is 1. The number of H-pyrrole nitrogens is 1. The van der Waals surface area contributed by atoms with E-state index in [2.05, 4.69) is 20.0 Å². The maximum Gasteiger partial charge on any atom is 0.311 e. The number of rotatable bonds is 9. The molecule has 0 spiro atoms. The van der Waals surface area contributed by atoms with Crippen molar-refractivity contribution in [2.24, 2.45) is 4.99 Å². The van der Waals surface area contributed by atoms with Gasteiger partial charge in [-0.05, 0) is 69.3 Å². The zero-order valence-electron chi connectivity index (χ0n) is 21.9. The molecule has 0 aliphatic carbocycles. The molecule has 0 amide bonds. The Bertz CT molecular complexity index is 1700. The van der Waals surface area contributed by atoms with Crippen molar-refractivity contribution in [1.82, 2.24) is 14.9 Å². The lowest BCUT2D eigenvalue weighted by Crippen LogP contribution is -2.20. The van der Waals surface area contributed by atoms with E-state index >= 15 is 0 Å². The summed E-state index contributed by atoms with van der Waals surface area (Å²) in [6.45, 7) is 5.03. The molecule has 0 radical (unpaired) electrons. The Labute approximate surface area is 224 Å². The van der Waals surface area contributed by atoms with E-state index in [1.807, 2.05) is 0 Å². The molecule has 13 heteroatoms. The summed E-state index contributed by atoms with van der Waals surface area (Å²) in [4.78, 5) is 30.0. The van der Waals surface area contributed by atoms with E-state index in [0.717, 1.165) is 0 Å². The minimum absolute atomic E-state index is 0.0116. The Hall–Kier alpha value is -4.65. The number of carbonyl (C=O) groups excluding carboxylic acids is 1. The Morgan fingerprint density at radius 1 is 1.10 bits per heavy atom. The van der Waals surface area contributed by atoms with Crippen LogP contribution in [0.2, 0.25) is 0 Å². The fraction of sp³-hybridized carbons (Fsp3) is 0.231. The van der Waals surface area contributed by atoms with Gasteiger partial charge in [-0.25, -0.2) is 17.8 Å². The lowest BCUT2D eigenvalue weighted by molar-refractivity contribution is -0.139. The molecule has 2 N–H and O–H groups in total. The molecular weight excluding hydrogens is 526 g/mol. The number of anilines is 1. The molecule has 2 aromatic heterocycles. The van der Waals surface area contributed by atoms with Crippen LogP contribution in [0.4, 0.5) is 11.6 Å². The Balaban J connectivity index is 1.67. The van der Waals surface area contributed by atoms with Crippen molar-refractivity contribution in [3.05, 3.63) is 81.4 Å². The minimum atomic E-state index is -3.93. The highest BCUT2D eigenvalue weighted by atomic mass is 32.2. The Kier molecular flexibility index (Phi) is 7.72. The van der Waals surface area contributed by atoms with Gasteiger partial charge in [-0.3, -0.25) is 19.7 Å². The number of esters is 1. The number of aryl methyl sites for hydroxylation is 1. The number of carbonyl (C=O) groups is 1. The van der Waals surface area contributed by atoms with Crippen LogP contribution in [0.1, 0.15) is 29.4 Å². The first-order chi connectivity index (χ1) is 18.5. The lowest BCUT2D eigenvalue weighted by Gasteiger charge is -2.06. The number of ether oxygens (including phenoxy) is 2. The van der Waals surface area contributed by atoms with Crippen molar-refractivity contribution in [1.29, 1.82) is 0 Å². The number of hydrogen-bond acceptors (Lipinski definition) is 9. The average molecular weight is 554 g/mol. The predicted molar refractivity (Wildman–Crippen MR) is 144 cm³/mol. The van der Waals surface area contributed by atoms with Crippen LogP contribution in [-0.2, 0) is 26.0 Å². The lowest BCUT2D eigenvalue weighted by atomic mass is 10.1. The number of aliphatic imine (C=N–C) groups is 1. The standard InChI is InChI=1S/C26H27N5O7S/c1-15-16(2)29-38-25(15)30-39(34,35)21-12-6-18(7-13-21)27-17(3)24-22(14-23(32)37-5)28-31(26(24)33)19-8-10-20(36-4)11-9-19/h6-13,28,30H,14H2,1-5H3. The highest BCUT2D eigenvalue weighted by molar-refractivity contribution is 7.92.